The number of halogens is 3. The Balaban J connectivity index is 2.95. The number of rotatable bonds is 3. The number of nitrogens with two attached hydrogens (primary N) is 1. The number of carboxylic acid groups (broad SMARTS) is 1. The highest BCUT2D eigenvalue weighted by Crippen LogP contribution is 2.39. The van der Waals surface area contributed by atoms with Crippen LogP contribution in [0, 0.1) is 0 Å². The van der Waals surface area contributed by atoms with E-state index in [1.807, 2.05) is 0 Å². The molecule has 1 rings (SSSR count). The lowest BCUT2D eigenvalue weighted by molar-refractivity contribution is -0.152. The molecule has 0 saturated heterocycles. The minimum atomic E-state index is -3.87. The van der Waals surface area contributed by atoms with Crippen molar-refractivity contribution in [2.24, 2.45) is 0 Å². The number of carboxylic acids is 1. The van der Waals surface area contributed by atoms with Gasteiger partial charge in [0.05, 0.1) is 0 Å². The van der Waals surface area contributed by atoms with E-state index in [1.54, 1.807) is 0 Å². The van der Waals surface area contributed by atoms with Gasteiger partial charge in [0.25, 0.3) is 0 Å². The molecule has 0 aliphatic heterocycles. The summed E-state index contributed by atoms with van der Waals surface area (Å²) >= 11 is 3.02. The van der Waals surface area contributed by atoms with E-state index < -0.39 is 11.2 Å². The lowest BCUT2D eigenvalue weighted by Gasteiger charge is -2.11. The highest BCUT2D eigenvalue weighted by atomic mass is 79.9. The van der Waals surface area contributed by atoms with Crippen molar-refractivity contribution in [1.82, 2.24) is 0 Å². The van der Waals surface area contributed by atoms with E-state index in [4.69, 9.17) is 10.8 Å². The fraction of sp³-hybridized carbons (Fsp3) is 0.125. The van der Waals surface area contributed by atoms with Gasteiger partial charge in [0.15, 0.2) is 0 Å². The summed E-state index contributed by atoms with van der Waals surface area (Å²) < 4.78 is 26.3. The third-order valence-corrected chi connectivity index (χ3v) is 2.97. The van der Waals surface area contributed by atoms with Crippen LogP contribution in [-0.4, -0.2) is 16.3 Å². The highest BCUT2D eigenvalue weighted by molar-refractivity contribution is 9.10. The lowest BCUT2D eigenvalue weighted by Crippen LogP contribution is -2.23. The first kappa shape index (κ1) is 12.3. The Morgan fingerprint density at radius 3 is 2.60 bits per heavy atom. The third-order valence-electron chi connectivity index (χ3n) is 1.46. The van der Waals surface area contributed by atoms with Crippen LogP contribution in [0.1, 0.15) is 0 Å². The topological polar surface area (TPSA) is 63.3 Å². The van der Waals surface area contributed by atoms with Gasteiger partial charge in [-0.15, -0.1) is 0 Å². The molecule has 0 aliphatic carbocycles. The van der Waals surface area contributed by atoms with Crippen molar-refractivity contribution in [2.75, 3.05) is 5.73 Å². The summed E-state index contributed by atoms with van der Waals surface area (Å²) in [6, 6.07) is 4.28. The van der Waals surface area contributed by atoms with Gasteiger partial charge in [-0.1, -0.05) is 15.9 Å². The molecule has 7 heteroatoms. The van der Waals surface area contributed by atoms with Gasteiger partial charge < -0.3 is 10.8 Å². The number of nitrogen functional groups attached to an aromatic ring is 1. The molecule has 0 aliphatic rings. The van der Waals surface area contributed by atoms with Gasteiger partial charge in [0, 0.05) is 15.1 Å². The maximum atomic E-state index is 12.8. The number of hydrogen-bond acceptors (Lipinski definition) is 3. The molecule has 1 aromatic carbocycles. The number of anilines is 1. The van der Waals surface area contributed by atoms with Crippen LogP contribution in [0.25, 0.3) is 0 Å². The summed E-state index contributed by atoms with van der Waals surface area (Å²) in [5.74, 6) is -2.19. The molecule has 15 heavy (non-hydrogen) atoms. The predicted octanol–water partition coefficient (Wildman–Crippen LogP) is 2.80. The molecule has 0 spiro atoms. The number of aliphatic carboxylic acids is 1. The SMILES string of the molecule is Nc1cc(Br)ccc1SC(F)(F)C(=O)O. The van der Waals surface area contributed by atoms with Gasteiger partial charge in [-0.2, -0.15) is 8.78 Å². The summed E-state index contributed by atoms with van der Waals surface area (Å²) in [4.78, 5) is 10.2. The summed E-state index contributed by atoms with van der Waals surface area (Å²) in [6.45, 7) is 0. The first-order chi connectivity index (χ1) is 6.83. The van der Waals surface area contributed by atoms with Crippen LogP contribution < -0.4 is 5.73 Å². The zero-order valence-electron chi connectivity index (χ0n) is 7.21. The fourth-order valence-electron chi connectivity index (χ4n) is 0.794. The first-order valence-corrected chi connectivity index (χ1v) is 5.29. The minimum Gasteiger partial charge on any atom is -0.476 e. The molecule has 3 N–H and O–H groups in total. The van der Waals surface area contributed by atoms with Gasteiger partial charge in [0.2, 0.25) is 0 Å². The molecular weight excluding hydrogens is 292 g/mol. The van der Waals surface area contributed by atoms with Crippen LogP contribution in [-0.2, 0) is 4.79 Å². The molecule has 0 saturated carbocycles. The van der Waals surface area contributed by atoms with Gasteiger partial charge >= 0.3 is 11.2 Å². The van der Waals surface area contributed by atoms with E-state index in [9.17, 15) is 13.6 Å². The Bertz CT molecular complexity index is 400. The van der Waals surface area contributed by atoms with Crippen molar-refractivity contribution in [1.29, 1.82) is 0 Å². The molecule has 0 radical (unpaired) electrons. The third kappa shape index (κ3) is 3.07. The Morgan fingerprint density at radius 2 is 2.13 bits per heavy atom. The molecule has 0 unspecified atom stereocenters. The number of carbonyl (C=O) groups is 1. The largest absolute Gasteiger partial charge is 0.476 e. The van der Waals surface area contributed by atoms with E-state index in [-0.39, 0.29) is 22.3 Å². The minimum absolute atomic E-state index is 0.0330. The van der Waals surface area contributed by atoms with Crippen molar-refractivity contribution in [3.8, 4) is 0 Å². The molecular formula is C8H6BrF2NO2S. The van der Waals surface area contributed by atoms with E-state index >= 15 is 0 Å². The van der Waals surface area contributed by atoms with Gasteiger partial charge in [-0.3, -0.25) is 0 Å². The second kappa shape index (κ2) is 4.36. The summed E-state index contributed by atoms with van der Waals surface area (Å²) in [6.07, 6.45) is 0. The van der Waals surface area contributed by atoms with Crippen LogP contribution in [0.3, 0.4) is 0 Å². The fourth-order valence-corrected chi connectivity index (χ4v) is 1.85. The van der Waals surface area contributed by atoms with Crippen LogP contribution in [0.4, 0.5) is 14.5 Å². The molecule has 0 atom stereocenters. The number of thioether (sulfide) groups is 1. The Kier molecular flexibility index (Phi) is 3.56. The van der Waals surface area contributed by atoms with Crippen LogP contribution in [0.5, 0.6) is 0 Å². The number of hydrogen-bond donors (Lipinski definition) is 2. The van der Waals surface area contributed by atoms with Crippen molar-refractivity contribution < 1.29 is 18.7 Å². The molecule has 0 heterocycles. The van der Waals surface area contributed by atoms with Crippen molar-refractivity contribution in [3.63, 3.8) is 0 Å². The maximum absolute atomic E-state index is 12.8. The van der Waals surface area contributed by atoms with Gasteiger partial charge in [-0.25, -0.2) is 4.79 Å². The van der Waals surface area contributed by atoms with E-state index in [0.29, 0.717) is 4.47 Å². The predicted molar refractivity (Wildman–Crippen MR) is 57.0 cm³/mol. The Labute approximate surface area is 96.8 Å². The van der Waals surface area contributed by atoms with E-state index in [0.717, 1.165) is 0 Å². The zero-order chi connectivity index (χ0) is 11.6. The summed E-state index contributed by atoms with van der Waals surface area (Å²) in [5, 5.41) is 4.35. The van der Waals surface area contributed by atoms with E-state index in [2.05, 4.69) is 15.9 Å². The maximum Gasteiger partial charge on any atom is 0.393 e. The monoisotopic (exact) mass is 297 g/mol. The molecule has 0 aromatic heterocycles. The lowest BCUT2D eigenvalue weighted by atomic mass is 10.3. The van der Waals surface area contributed by atoms with Crippen LogP contribution >= 0.6 is 27.7 Å². The molecule has 1 aromatic rings. The molecule has 0 fully saturated rings. The quantitative estimate of drug-likeness (QED) is 0.665. The molecule has 3 nitrogen and oxygen atoms in total. The number of benzene rings is 1. The average Bonchev–Trinajstić information content (AvgIpc) is 2.09. The molecule has 0 bridgehead atoms. The highest BCUT2D eigenvalue weighted by Gasteiger charge is 2.40. The van der Waals surface area contributed by atoms with Gasteiger partial charge in [0.1, 0.15) is 0 Å². The summed E-state index contributed by atoms with van der Waals surface area (Å²) in [5.41, 5.74) is 5.56. The zero-order valence-corrected chi connectivity index (χ0v) is 9.61. The summed E-state index contributed by atoms with van der Waals surface area (Å²) in [7, 11) is 0. The Hall–Kier alpha value is -0.820. The Morgan fingerprint density at radius 1 is 1.53 bits per heavy atom. The normalized spacial score (nSPS) is 11.4. The van der Waals surface area contributed by atoms with E-state index in [1.165, 1.54) is 18.2 Å². The van der Waals surface area contributed by atoms with Crippen molar-refractivity contribution in [3.05, 3.63) is 22.7 Å². The standard InChI is InChI=1S/C8H6BrF2NO2S/c9-4-1-2-6(5(12)3-4)15-8(10,11)7(13)14/h1-3H,12H2,(H,13,14). The smallest absolute Gasteiger partial charge is 0.393 e. The number of alkyl halides is 2. The first-order valence-electron chi connectivity index (χ1n) is 3.68. The molecule has 0 amide bonds. The second-order valence-electron chi connectivity index (χ2n) is 2.61. The van der Waals surface area contributed by atoms with Crippen molar-refractivity contribution >= 4 is 39.3 Å². The van der Waals surface area contributed by atoms with Crippen LogP contribution in [0.15, 0.2) is 27.6 Å². The second-order valence-corrected chi connectivity index (χ2v) is 4.68. The van der Waals surface area contributed by atoms with Gasteiger partial charge in [-0.05, 0) is 30.0 Å². The van der Waals surface area contributed by atoms with Crippen LogP contribution in [0.2, 0.25) is 0 Å². The average molecular weight is 298 g/mol. The van der Waals surface area contributed by atoms with Crippen molar-refractivity contribution in [2.45, 2.75) is 10.2 Å². The molecule has 82 valence electrons.